The van der Waals surface area contributed by atoms with Gasteiger partial charge in [-0.05, 0) is 37.3 Å². The SMILES string of the molecule is CC/C=C\C=C/C(=O)N/C=C/CC1C[C@H]2C[C@@H](O)C[C@H](Cc3cccc(O)c3C(=O)O1)O2. The highest BCUT2D eigenvalue weighted by Crippen LogP contribution is 2.32. The lowest BCUT2D eigenvalue weighted by Gasteiger charge is -2.36. The molecule has 1 unspecified atom stereocenters. The molecular formula is C25H31NO6. The Bertz CT molecular complexity index is 890. The number of carbonyl (C=O) groups is 2. The van der Waals surface area contributed by atoms with Gasteiger partial charge in [-0.1, -0.05) is 43.4 Å². The third kappa shape index (κ3) is 6.80. The number of phenolic OH excluding ortho intramolecular Hbond substituents is 1. The molecule has 1 fully saturated rings. The van der Waals surface area contributed by atoms with Crippen LogP contribution in [-0.4, -0.2) is 46.5 Å². The van der Waals surface area contributed by atoms with E-state index in [0.717, 1.165) is 6.42 Å². The highest BCUT2D eigenvalue weighted by Gasteiger charge is 2.34. The Balaban J connectivity index is 1.70. The predicted octanol–water partition coefficient (Wildman–Crippen LogP) is 3.31. The fourth-order valence-electron chi connectivity index (χ4n) is 4.07. The quantitative estimate of drug-likeness (QED) is 0.355. The molecule has 0 aliphatic carbocycles. The van der Waals surface area contributed by atoms with E-state index in [0.29, 0.717) is 37.7 Å². The molecule has 3 rings (SSSR count). The van der Waals surface area contributed by atoms with E-state index in [1.165, 1.54) is 18.3 Å². The number of allylic oxidation sites excluding steroid dienone is 3. The van der Waals surface area contributed by atoms with E-state index in [4.69, 9.17) is 9.47 Å². The molecule has 0 aromatic heterocycles. The van der Waals surface area contributed by atoms with Crippen molar-refractivity contribution in [2.24, 2.45) is 0 Å². The summed E-state index contributed by atoms with van der Waals surface area (Å²) < 4.78 is 11.9. The number of ether oxygens (including phenoxy) is 2. The van der Waals surface area contributed by atoms with E-state index < -0.39 is 18.2 Å². The number of carbonyl (C=O) groups excluding carboxylic acids is 2. The van der Waals surface area contributed by atoms with Crippen molar-refractivity contribution < 1.29 is 29.3 Å². The molecule has 2 heterocycles. The van der Waals surface area contributed by atoms with Crippen LogP contribution in [0.5, 0.6) is 5.75 Å². The fraction of sp³-hybridized carbons (Fsp3) is 0.440. The van der Waals surface area contributed by atoms with Gasteiger partial charge in [-0.2, -0.15) is 0 Å². The van der Waals surface area contributed by atoms with E-state index >= 15 is 0 Å². The molecule has 0 saturated carbocycles. The molecule has 1 aromatic rings. The zero-order chi connectivity index (χ0) is 22.9. The molecule has 1 saturated heterocycles. The Morgan fingerprint density at radius 1 is 1.19 bits per heavy atom. The normalized spacial score (nSPS) is 26.2. The molecule has 4 atom stereocenters. The third-order valence-corrected chi connectivity index (χ3v) is 5.51. The lowest BCUT2D eigenvalue weighted by Crippen LogP contribution is -2.40. The van der Waals surface area contributed by atoms with Crippen molar-refractivity contribution in [3.63, 3.8) is 0 Å². The van der Waals surface area contributed by atoms with Crippen LogP contribution in [0.2, 0.25) is 0 Å². The second-order valence-electron chi connectivity index (χ2n) is 8.13. The van der Waals surface area contributed by atoms with Gasteiger partial charge in [-0.25, -0.2) is 4.79 Å². The van der Waals surface area contributed by atoms with Gasteiger partial charge >= 0.3 is 5.97 Å². The minimum absolute atomic E-state index is 0.133. The van der Waals surface area contributed by atoms with Gasteiger partial charge in [0.05, 0.1) is 18.3 Å². The fourth-order valence-corrected chi connectivity index (χ4v) is 4.07. The number of phenols is 1. The molecule has 2 aliphatic rings. The summed E-state index contributed by atoms with van der Waals surface area (Å²) in [7, 11) is 0. The summed E-state index contributed by atoms with van der Waals surface area (Å²) in [5.41, 5.74) is 0.780. The molecule has 32 heavy (non-hydrogen) atoms. The highest BCUT2D eigenvalue weighted by atomic mass is 16.5. The second-order valence-corrected chi connectivity index (χ2v) is 8.13. The van der Waals surface area contributed by atoms with Crippen molar-refractivity contribution in [1.29, 1.82) is 0 Å². The van der Waals surface area contributed by atoms with Gasteiger partial charge in [0.2, 0.25) is 5.91 Å². The molecule has 1 aromatic carbocycles. The Morgan fingerprint density at radius 2 is 2.00 bits per heavy atom. The lowest BCUT2D eigenvalue weighted by molar-refractivity contribution is -0.115. The number of esters is 1. The second kappa shape index (κ2) is 11.6. The summed E-state index contributed by atoms with van der Waals surface area (Å²) in [6, 6.07) is 4.91. The van der Waals surface area contributed by atoms with Crippen LogP contribution >= 0.6 is 0 Å². The first-order valence-electron chi connectivity index (χ1n) is 11.1. The Morgan fingerprint density at radius 3 is 2.81 bits per heavy atom. The molecule has 3 N–H and O–H groups in total. The number of hydrogen-bond acceptors (Lipinski definition) is 6. The van der Waals surface area contributed by atoms with Crippen molar-refractivity contribution in [3.05, 3.63) is 65.9 Å². The standard InChI is InChI=1S/C25H31NO6/c1-2-3-4-5-11-23(29)26-12-7-9-19-16-21-15-18(27)14-20(31-21)13-17-8-6-10-22(28)24(17)25(30)32-19/h3-8,10-12,18-21,27-28H,2,9,13-16H2,1H3,(H,26,29)/b4-3-,11-5-,12-7+/t18-,19?,20-,21+/m0/s1. The van der Waals surface area contributed by atoms with Crippen molar-refractivity contribution in [2.75, 3.05) is 0 Å². The molecular weight excluding hydrogens is 410 g/mol. The van der Waals surface area contributed by atoms with Crippen molar-refractivity contribution >= 4 is 11.9 Å². The van der Waals surface area contributed by atoms with E-state index in [2.05, 4.69) is 5.32 Å². The Kier molecular flexibility index (Phi) is 8.64. The summed E-state index contributed by atoms with van der Waals surface area (Å²) in [6.07, 6.45) is 11.7. The first-order valence-corrected chi connectivity index (χ1v) is 11.1. The smallest absolute Gasteiger partial charge is 0.342 e. The molecule has 7 nitrogen and oxygen atoms in total. The molecule has 2 aliphatic heterocycles. The first-order chi connectivity index (χ1) is 15.5. The molecule has 172 valence electrons. The van der Waals surface area contributed by atoms with Gasteiger partial charge in [0.1, 0.15) is 17.4 Å². The summed E-state index contributed by atoms with van der Waals surface area (Å²) in [6.45, 7) is 2.01. The van der Waals surface area contributed by atoms with Crippen LogP contribution in [0.4, 0.5) is 0 Å². The predicted molar refractivity (Wildman–Crippen MR) is 120 cm³/mol. The number of hydrogen-bond donors (Lipinski definition) is 3. The van der Waals surface area contributed by atoms with Gasteiger partial charge in [-0.3, -0.25) is 4.79 Å². The number of aliphatic hydroxyl groups excluding tert-OH is 1. The number of fused-ring (bicyclic) bond motifs is 3. The first kappa shape index (κ1) is 23.8. The lowest BCUT2D eigenvalue weighted by atomic mass is 9.91. The average molecular weight is 442 g/mol. The minimum atomic E-state index is -0.577. The summed E-state index contributed by atoms with van der Waals surface area (Å²) in [5, 5.41) is 23.2. The van der Waals surface area contributed by atoms with Gasteiger partial charge < -0.3 is 25.0 Å². The number of cyclic esters (lactones) is 1. The van der Waals surface area contributed by atoms with Gasteiger partial charge in [0.25, 0.3) is 0 Å². The molecule has 0 radical (unpaired) electrons. The van der Waals surface area contributed by atoms with Crippen LogP contribution in [-0.2, 0) is 20.7 Å². The van der Waals surface area contributed by atoms with Crippen LogP contribution in [0.15, 0.2) is 54.8 Å². The zero-order valence-corrected chi connectivity index (χ0v) is 18.3. The topological polar surface area (TPSA) is 105 Å². The largest absolute Gasteiger partial charge is 0.507 e. The van der Waals surface area contributed by atoms with Crippen LogP contribution in [0.1, 0.15) is 54.9 Å². The number of amides is 1. The highest BCUT2D eigenvalue weighted by molar-refractivity contribution is 5.94. The summed E-state index contributed by atoms with van der Waals surface area (Å²) in [5.74, 6) is -0.969. The number of aromatic hydroxyl groups is 1. The maximum absolute atomic E-state index is 12.9. The van der Waals surface area contributed by atoms with E-state index in [1.807, 2.05) is 19.1 Å². The maximum atomic E-state index is 12.9. The molecule has 0 spiro atoms. The average Bonchev–Trinajstić information content (AvgIpc) is 2.73. The zero-order valence-electron chi connectivity index (χ0n) is 18.3. The van der Waals surface area contributed by atoms with E-state index in [-0.39, 0.29) is 29.4 Å². The molecule has 7 heteroatoms. The van der Waals surface area contributed by atoms with Crippen LogP contribution in [0, 0.1) is 0 Å². The van der Waals surface area contributed by atoms with Crippen molar-refractivity contribution in [3.8, 4) is 5.75 Å². The number of aliphatic hydroxyl groups is 1. The van der Waals surface area contributed by atoms with Crippen LogP contribution in [0.3, 0.4) is 0 Å². The van der Waals surface area contributed by atoms with E-state index in [1.54, 1.807) is 24.3 Å². The van der Waals surface area contributed by atoms with Crippen LogP contribution < -0.4 is 5.32 Å². The maximum Gasteiger partial charge on any atom is 0.342 e. The van der Waals surface area contributed by atoms with Crippen LogP contribution in [0.25, 0.3) is 0 Å². The number of rotatable bonds is 6. The summed E-state index contributed by atoms with van der Waals surface area (Å²) >= 11 is 0. The van der Waals surface area contributed by atoms with Gasteiger partial charge in [-0.15, -0.1) is 0 Å². The summed E-state index contributed by atoms with van der Waals surface area (Å²) in [4.78, 5) is 24.7. The van der Waals surface area contributed by atoms with Crippen molar-refractivity contribution in [1.82, 2.24) is 5.32 Å². The molecule has 1 amide bonds. The third-order valence-electron chi connectivity index (χ3n) is 5.51. The monoisotopic (exact) mass is 441 g/mol. The van der Waals surface area contributed by atoms with E-state index in [9.17, 15) is 19.8 Å². The number of nitrogens with one attached hydrogen (secondary N) is 1. The Hall–Kier alpha value is -2.90. The van der Waals surface area contributed by atoms with Gasteiger partial charge in [0.15, 0.2) is 0 Å². The van der Waals surface area contributed by atoms with Gasteiger partial charge in [0, 0.05) is 25.1 Å². The number of benzene rings is 1. The Labute approximate surface area is 188 Å². The molecule has 2 bridgehead atoms. The van der Waals surface area contributed by atoms with Crippen molar-refractivity contribution in [2.45, 2.75) is 69.9 Å². The minimum Gasteiger partial charge on any atom is -0.507 e.